The van der Waals surface area contributed by atoms with Crippen molar-refractivity contribution in [2.45, 2.75) is 38.3 Å². The predicted molar refractivity (Wildman–Crippen MR) is 66.9 cm³/mol. The molecule has 3 fully saturated rings. The van der Waals surface area contributed by atoms with Crippen molar-refractivity contribution < 1.29 is 9.59 Å². The summed E-state index contributed by atoms with van der Waals surface area (Å²) in [5, 5.41) is 3.36. The quantitative estimate of drug-likeness (QED) is 0.740. The minimum atomic E-state index is 0.133. The summed E-state index contributed by atoms with van der Waals surface area (Å²) < 4.78 is 0. The maximum Gasteiger partial charge on any atom is 0.242 e. The second-order valence-corrected chi connectivity index (χ2v) is 5.79. The summed E-state index contributed by atoms with van der Waals surface area (Å²) in [6.45, 7) is 5.10. The second kappa shape index (κ2) is 4.53. The number of carbonyl (C=O) groups is 2. The Morgan fingerprint density at radius 2 is 2.28 bits per heavy atom. The highest BCUT2D eigenvalue weighted by Crippen LogP contribution is 2.32. The molecule has 0 aromatic heterocycles. The van der Waals surface area contributed by atoms with Crippen LogP contribution in [0, 0.1) is 5.92 Å². The second-order valence-electron chi connectivity index (χ2n) is 5.79. The average Bonchev–Trinajstić information content (AvgIpc) is 2.95. The molecule has 3 aliphatic heterocycles. The van der Waals surface area contributed by atoms with Gasteiger partial charge in [0, 0.05) is 38.1 Å². The fraction of sp³-hybridized carbons (Fsp3) is 0.846. The molecule has 0 bridgehead atoms. The fourth-order valence-electron chi connectivity index (χ4n) is 3.71. The van der Waals surface area contributed by atoms with Crippen LogP contribution in [0.4, 0.5) is 0 Å². The highest BCUT2D eigenvalue weighted by atomic mass is 16.2. The van der Waals surface area contributed by atoms with Crippen LogP contribution in [0.1, 0.15) is 26.2 Å². The van der Waals surface area contributed by atoms with Gasteiger partial charge in [-0.2, -0.15) is 0 Å². The molecule has 1 N–H and O–H groups in total. The van der Waals surface area contributed by atoms with Crippen LogP contribution in [0.2, 0.25) is 0 Å². The molecule has 0 spiro atoms. The molecule has 18 heavy (non-hydrogen) atoms. The van der Waals surface area contributed by atoms with Crippen LogP contribution in [-0.2, 0) is 9.59 Å². The lowest BCUT2D eigenvalue weighted by Gasteiger charge is -2.29. The van der Waals surface area contributed by atoms with Crippen LogP contribution in [0.3, 0.4) is 0 Å². The first-order valence-electron chi connectivity index (χ1n) is 6.96. The number of hydrogen-bond acceptors (Lipinski definition) is 3. The van der Waals surface area contributed by atoms with Gasteiger partial charge in [-0.05, 0) is 25.7 Å². The number of carbonyl (C=O) groups excluding carboxylic acids is 2. The Hall–Kier alpha value is -1.10. The Labute approximate surface area is 107 Å². The molecular weight excluding hydrogens is 230 g/mol. The SMILES string of the molecule is CC1CC2CNCC2N1C(=O)CN1CCCC1=O. The maximum absolute atomic E-state index is 12.4. The van der Waals surface area contributed by atoms with E-state index in [4.69, 9.17) is 0 Å². The molecule has 0 aromatic rings. The molecule has 3 aliphatic rings. The molecule has 2 amide bonds. The molecule has 3 unspecified atom stereocenters. The Morgan fingerprint density at radius 3 is 3.00 bits per heavy atom. The van der Waals surface area contributed by atoms with Gasteiger partial charge in [-0.15, -0.1) is 0 Å². The van der Waals surface area contributed by atoms with Gasteiger partial charge in [0.2, 0.25) is 11.8 Å². The van der Waals surface area contributed by atoms with Crippen molar-refractivity contribution in [2.75, 3.05) is 26.2 Å². The molecule has 0 radical (unpaired) electrons. The van der Waals surface area contributed by atoms with Crippen LogP contribution in [0.25, 0.3) is 0 Å². The first-order chi connectivity index (χ1) is 8.66. The number of rotatable bonds is 2. The third kappa shape index (κ3) is 1.90. The first kappa shape index (κ1) is 12.0. The summed E-state index contributed by atoms with van der Waals surface area (Å²) in [5.41, 5.74) is 0. The summed E-state index contributed by atoms with van der Waals surface area (Å²) in [4.78, 5) is 27.7. The first-order valence-corrected chi connectivity index (χ1v) is 6.96. The lowest BCUT2D eigenvalue weighted by molar-refractivity contribution is -0.140. The molecule has 0 aliphatic carbocycles. The monoisotopic (exact) mass is 251 g/mol. The molecule has 3 atom stereocenters. The van der Waals surface area contributed by atoms with Crippen molar-refractivity contribution in [3.8, 4) is 0 Å². The van der Waals surface area contributed by atoms with Gasteiger partial charge >= 0.3 is 0 Å². The van der Waals surface area contributed by atoms with E-state index in [0.29, 0.717) is 24.4 Å². The van der Waals surface area contributed by atoms with Crippen LogP contribution >= 0.6 is 0 Å². The minimum absolute atomic E-state index is 0.133. The summed E-state index contributed by atoms with van der Waals surface area (Å²) in [5.74, 6) is 0.878. The third-order valence-corrected chi connectivity index (χ3v) is 4.57. The normalized spacial score (nSPS) is 35.4. The molecule has 0 aromatic carbocycles. The Balaban J connectivity index is 1.66. The van der Waals surface area contributed by atoms with Crippen molar-refractivity contribution in [3.05, 3.63) is 0 Å². The predicted octanol–water partition coefficient (Wildman–Crippen LogP) is -0.182. The molecule has 3 rings (SSSR count). The van der Waals surface area contributed by atoms with E-state index >= 15 is 0 Å². The van der Waals surface area contributed by atoms with Gasteiger partial charge < -0.3 is 15.1 Å². The molecule has 3 heterocycles. The lowest BCUT2D eigenvalue weighted by atomic mass is 10.0. The van der Waals surface area contributed by atoms with Gasteiger partial charge in [-0.1, -0.05) is 0 Å². The van der Waals surface area contributed by atoms with Gasteiger partial charge in [0.1, 0.15) is 0 Å². The van der Waals surface area contributed by atoms with Crippen LogP contribution in [0.15, 0.2) is 0 Å². The van der Waals surface area contributed by atoms with Gasteiger partial charge in [0.15, 0.2) is 0 Å². The number of nitrogens with one attached hydrogen (secondary N) is 1. The van der Waals surface area contributed by atoms with Crippen molar-refractivity contribution in [2.24, 2.45) is 5.92 Å². The van der Waals surface area contributed by atoms with E-state index in [2.05, 4.69) is 12.2 Å². The number of amides is 2. The summed E-state index contributed by atoms with van der Waals surface area (Å²) in [6.07, 6.45) is 2.60. The average molecular weight is 251 g/mol. The van der Waals surface area contributed by atoms with Gasteiger partial charge in [0.05, 0.1) is 6.54 Å². The van der Waals surface area contributed by atoms with E-state index in [1.54, 1.807) is 4.90 Å². The van der Waals surface area contributed by atoms with Gasteiger partial charge in [-0.3, -0.25) is 9.59 Å². The Kier molecular flexibility index (Phi) is 3.01. The number of hydrogen-bond donors (Lipinski definition) is 1. The largest absolute Gasteiger partial charge is 0.334 e. The highest BCUT2D eigenvalue weighted by molar-refractivity contribution is 5.86. The molecule has 3 saturated heterocycles. The fourth-order valence-corrected chi connectivity index (χ4v) is 3.71. The molecular formula is C13H21N3O2. The zero-order chi connectivity index (χ0) is 12.7. The van der Waals surface area contributed by atoms with E-state index in [0.717, 1.165) is 32.5 Å². The molecule has 0 saturated carbocycles. The van der Waals surface area contributed by atoms with Gasteiger partial charge in [0.25, 0.3) is 0 Å². The van der Waals surface area contributed by atoms with Crippen LogP contribution < -0.4 is 5.32 Å². The molecule has 5 nitrogen and oxygen atoms in total. The number of fused-ring (bicyclic) bond motifs is 1. The van der Waals surface area contributed by atoms with E-state index in [9.17, 15) is 9.59 Å². The third-order valence-electron chi connectivity index (χ3n) is 4.57. The van der Waals surface area contributed by atoms with E-state index in [-0.39, 0.29) is 18.4 Å². The lowest BCUT2D eigenvalue weighted by Crippen LogP contribution is -2.47. The van der Waals surface area contributed by atoms with Crippen molar-refractivity contribution in [3.63, 3.8) is 0 Å². The van der Waals surface area contributed by atoms with E-state index in [1.165, 1.54) is 0 Å². The Morgan fingerprint density at radius 1 is 1.44 bits per heavy atom. The standard InChI is InChI=1S/C13H21N3O2/c1-9-5-10-6-14-7-11(10)16(9)13(18)8-15-4-2-3-12(15)17/h9-11,14H,2-8H2,1H3. The van der Waals surface area contributed by atoms with Crippen LogP contribution in [-0.4, -0.2) is 59.9 Å². The van der Waals surface area contributed by atoms with Gasteiger partial charge in [-0.25, -0.2) is 0 Å². The minimum Gasteiger partial charge on any atom is -0.334 e. The molecule has 100 valence electrons. The van der Waals surface area contributed by atoms with Crippen molar-refractivity contribution in [1.82, 2.24) is 15.1 Å². The molecule has 5 heteroatoms. The zero-order valence-corrected chi connectivity index (χ0v) is 10.9. The summed E-state index contributed by atoms with van der Waals surface area (Å²) in [6, 6.07) is 0.678. The van der Waals surface area contributed by atoms with E-state index in [1.807, 2.05) is 4.90 Å². The van der Waals surface area contributed by atoms with Crippen molar-refractivity contribution in [1.29, 1.82) is 0 Å². The van der Waals surface area contributed by atoms with E-state index < -0.39 is 0 Å². The number of likely N-dealkylation sites (tertiary alicyclic amines) is 2. The van der Waals surface area contributed by atoms with Crippen molar-refractivity contribution >= 4 is 11.8 Å². The maximum atomic E-state index is 12.4. The zero-order valence-electron chi connectivity index (χ0n) is 10.9. The summed E-state index contributed by atoms with van der Waals surface area (Å²) in [7, 11) is 0. The Bertz CT molecular complexity index is 371. The smallest absolute Gasteiger partial charge is 0.242 e. The summed E-state index contributed by atoms with van der Waals surface area (Å²) >= 11 is 0. The number of nitrogens with zero attached hydrogens (tertiary/aromatic N) is 2. The van der Waals surface area contributed by atoms with Crippen LogP contribution in [0.5, 0.6) is 0 Å². The highest BCUT2D eigenvalue weighted by Gasteiger charge is 2.44. The topological polar surface area (TPSA) is 52.7 Å².